The first-order chi connectivity index (χ1) is 18.8. The predicted octanol–water partition coefficient (Wildman–Crippen LogP) is 9.45. The van der Waals surface area contributed by atoms with E-state index in [4.69, 9.17) is 9.97 Å². The summed E-state index contributed by atoms with van der Waals surface area (Å²) < 4.78 is 0. The highest BCUT2D eigenvalue weighted by Crippen LogP contribution is 2.29. The van der Waals surface area contributed by atoms with Gasteiger partial charge in [0, 0.05) is 21.9 Å². The topological polar surface area (TPSA) is 25.8 Å². The van der Waals surface area contributed by atoms with E-state index in [0.29, 0.717) is 0 Å². The van der Waals surface area contributed by atoms with Crippen LogP contribution in [0.1, 0.15) is 0 Å². The summed E-state index contributed by atoms with van der Waals surface area (Å²) in [5, 5.41) is 2.32. The van der Waals surface area contributed by atoms with Crippen LogP contribution in [0, 0.1) is 0 Å². The van der Waals surface area contributed by atoms with E-state index >= 15 is 0 Å². The Morgan fingerprint density at radius 1 is 0.263 bits per heavy atom. The summed E-state index contributed by atoms with van der Waals surface area (Å²) in [5.74, 6) is 0. The van der Waals surface area contributed by atoms with Crippen molar-refractivity contribution >= 4 is 21.8 Å². The molecule has 38 heavy (non-hydrogen) atoms. The number of fused-ring (bicyclic) bond motifs is 2. The molecule has 0 spiro atoms. The number of benzene rings is 5. The highest BCUT2D eigenvalue weighted by atomic mass is 14.7. The van der Waals surface area contributed by atoms with Gasteiger partial charge in [-0.1, -0.05) is 121 Å². The standard InChI is InChI=1S/C36H24N2/c1-3-7-33-29(5-1)21-23-35(37-33)31-17-13-27(14-18-31)25-9-11-26(12-10-25)28-15-19-32(20-16-28)36-24-22-30-6-2-4-8-34(30)38-36/h1-24H. The molecule has 0 saturated carbocycles. The van der Waals surface area contributed by atoms with Crippen LogP contribution in [0.25, 0.3) is 66.6 Å². The number of pyridine rings is 2. The summed E-state index contributed by atoms with van der Waals surface area (Å²) in [5.41, 5.74) is 11.1. The molecule has 0 fully saturated rings. The normalized spacial score (nSPS) is 11.2. The number of aromatic nitrogens is 2. The highest BCUT2D eigenvalue weighted by molar-refractivity contribution is 5.83. The van der Waals surface area contributed by atoms with E-state index in [9.17, 15) is 0 Å². The third-order valence-electron chi connectivity index (χ3n) is 7.11. The van der Waals surface area contributed by atoms with Gasteiger partial charge in [0.1, 0.15) is 0 Å². The summed E-state index contributed by atoms with van der Waals surface area (Å²) in [4.78, 5) is 9.66. The summed E-state index contributed by atoms with van der Waals surface area (Å²) in [7, 11) is 0. The molecular formula is C36H24N2. The molecule has 2 heteroatoms. The molecule has 5 aromatic carbocycles. The first-order valence-corrected chi connectivity index (χ1v) is 12.8. The van der Waals surface area contributed by atoms with E-state index in [1.54, 1.807) is 0 Å². The van der Waals surface area contributed by atoms with Crippen LogP contribution in [0.3, 0.4) is 0 Å². The third kappa shape index (κ3) is 4.23. The minimum absolute atomic E-state index is 0.993. The minimum Gasteiger partial charge on any atom is -0.248 e. The van der Waals surface area contributed by atoms with Crippen LogP contribution in [0.4, 0.5) is 0 Å². The number of hydrogen-bond donors (Lipinski definition) is 0. The molecule has 0 aliphatic rings. The van der Waals surface area contributed by atoms with Crippen molar-refractivity contribution in [1.29, 1.82) is 0 Å². The van der Waals surface area contributed by atoms with Crippen molar-refractivity contribution in [3.8, 4) is 44.8 Å². The van der Waals surface area contributed by atoms with Crippen LogP contribution in [-0.2, 0) is 0 Å². The van der Waals surface area contributed by atoms with Crippen LogP contribution in [-0.4, -0.2) is 9.97 Å². The van der Waals surface area contributed by atoms with E-state index in [-0.39, 0.29) is 0 Å². The van der Waals surface area contributed by atoms with E-state index in [0.717, 1.165) is 44.3 Å². The van der Waals surface area contributed by atoms with Gasteiger partial charge in [0.25, 0.3) is 0 Å². The predicted molar refractivity (Wildman–Crippen MR) is 159 cm³/mol. The van der Waals surface area contributed by atoms with Gasteiger partial charge in [-0.25, -0.2) is 9.97 Å². The fourth-order valence-corrected chi connectivity index (χ4v) is 4.98. The summed E-state index contributed by atoms with van der Waals surface area (Å²) >= 11 is 0. The number of hydrogen-bond acceptors (Lipinski definition) is 2. The summed E-state index contributed by atoms with van der Waals surface area (Å²) in [6.45, 7) is 0. The molecule has 0 radical (unpaired) electrons. The maximum absolute atomic E-state index is 4.83. The smallest absolute Gasteiger partial charge is 0.0709 e. The average molecular weight is 485 g/mol. The van der Waals surface area contributed by atoms with E-state index < -0.39 is 0 Å². The monoisotopic (exact) mass is 484 g/mol. The van der Waals surface area contributed by atoms with Gasteiger partial charge in [-0.2, -0.15) is 0 Å². The van der Waals surface area contributed by atoms with Gasteiger partial charge in [-0.3, -0.25) is 0 Å². The van der Waals surface area contributed by atoms with Gasteiger partial charge in [0.15, 0.2) is 0 Å². The van der Waals surface area contributed by atoms with Crippen molar-refractivity contribution in [1.82, 2.24) is 9.97 Å². The molecule has 2 heterocycles. The molecule has 2 nitrogen and oxygen atoms in total. The fraction of sp³-hybridized carbons (Fsp3) is 0. The van der Waals surface area contributed by atoms with Gasteiger partial charge in [-0.05, 0) is 46.5 Å². The van der Waals surface area contributed by atoms with Crippen molar-refractivity contribution in [3.63, 3.8) is 0 Å². The highest BCUT2D eigenvalue weighted by Gasteiger charge is 2.06. The van der Waals surface area contributed by atoms with Gasteiger partial charge >= 0.3 is 0 Å². The lowest BCUT2D eigenvalue weighted by molar-refractivity contribution is 1.40. The molecule has 0 unspecified atom stereocenters. The summed E-state index contributed by atoms with van der Waals surface area (Å²) in [6.07, 6.45) is 0. The Labute approximate surface area is 221 Å². The molecule has 0 aliphatic carbocycles. The second-order valence-corrected chi connectivity index (χ2v) is 9.51. The van der Waals surface area contributed by atoms with Crippen molar-refractivity contribution < 1.29 is 0 Å². The van der Waals surface area contributed by atoms with E-state index in [1.165, 1.54) is 22.3 Å². The maximum atomic E-state index is 4.83. The lowest BCUT2D eigenvalue weighted by atomic mass is 9.98. The molecule has 0 amide bonds. The second-order valence-electron chi connectivity index (χ2n) is 9.51. The number of nitrogens with zero attached hydrogens (tertiary/aromatic N) is 2. The lowest BCUT2D eigenvalue weighted by Crippen LogP contribution is -1.86. The lowest BCUT2D eigenvalue weighted by Gasteiger charge is -2.08. The molecule has 2 aromatic heterocycles. The molecule has 7 aromatic rings. The van der Waals surface area contributed by atoms with Gasteiger partial charge in [-0.15, -0.1) is 0 Å². The van der Waals surface area contributed by atoms with Crippen LogP contribution >= 0.6 is 0 Å². The second kappa shape index (κ2) is 9.42. The Bertz CT molecular complexity index is 1740. The largest absolute Gasteiger partial charge is 0.248 e. The zero-order valence-corrected chi connectivity index (χ0v) is 20.8. The van der Waals surface area contributed by atoms with Crippen molar-refractivity contribution in [2.45, 2.75) is 0 Å². The zero-order valence-electron chi connectivity index (χ0n) is 20.8. The quantitative estimate of drug-likeness (QED) is 0.249. The van der Waals surface area contributed by atoms with Gasteiger partial charge < -0.3 is 0 Å². The average Bonchev–Trinajstić information content (AvgIpc) is 3.01. The van der Waals surface area contributed by atoms with E-state index in [1.807, 2.05) is 24.3 Å². The molecule has 178 valence electrons. The molecule has 0 aliphatic heterocycles. The number of para-hydroxylation sites is 2. The Kier molecular flexibility index (Phi) is 5.49. The van der Waals surface area contributed by atoms with Crippen LogP contribution in [0.5, 0.6) is 0 Å². The van der Waals surface area contributed by atoms with Crippen molar-refractivity contribution in [3.05, 3.63) is 146 Å². The SMILES string of the molecule is c1ccc2nc(-c3ccc(-c4ccc(-c5ccc(-c6ccc7ccccc7n6)cc5)cc4)cc3)ccc2c1. The third-order valence-corrected chi connectivity index (χ3v) is 7.11. The zero-order chi connectivity index (χ0) is 25.3. The molecule has 0 saturated heterocycles. The van der Waals surface area contributed by atoms with Crippen molar-refractivity contribution in [2.24, 2.45) is 0 Å². The van der Waals surface area contributed by atoms with Gasteiger partial charge in [0.2, 0.25) is 0 Å². The molecule has 7 rings (SSSR count). The molecule has 0 N–H and O–H groups in total. The van der Waals surface area contributed by atoms with E-state index in [2.05, 4.69) is 121 Å². The number of rotatable bonds is 4. The Hall–Kier alpha value is -5.08. The van der Waals surface area contributed by atoms with Crippen LogP contribution in [0.2, 0.25) is 0 Å². The molecule has 0 bridgehead atoms. The fourth-order valence-electron chi connectivity index (χ4n) is 4.98. The minimum atomic E-state index is 0.993. The van der Waals surface area contributed by atoms with Gasteiger partial charge in [0.05, 0.1) is 22.4 Å². The molecule has 0 atom stereocenters. The molecular weight excluding hydrogens is 460 g/mol. The van der Waals surface area contributed by atoms with Crippen LogP contribution < -0.4 is 0 Å². The van der Waals surface area contributed by atoms with Crippen LogP contribution in [0.15, 0.2) is 146 Å². The first-order valence-electron chi connectivity index (χ1n) is 12.8. The summed E-state index contributed by atoms with van der Waals surface area (Å²) in [6, 6.07) is 51.0. The maximum Gasteiger partial charge on any atom is 0.0709 e. The Morgan fingerprint density at radius 3 is 0.947 bits per heavy atom. The Morgan fingerprint density at radius 2 is 0.579 bits per heavy atom. The Balaban J connectivity index is 1.10. The first kappa shape index (κ1) is 22.1. The van der Waals surface area contributed by atoms with Crippen molar-refractivity contribution in [2.75, 3.05) is 0 Å².